The average Bonchev–Trinajstić information content (AvgIpc) is 2.29. The molecule has 1 atom stereocenters. The Morgan fingerprint density at radius 2 is 2.00 bits per heavy atom. The van der Waals surface area contributed by atoms with Gasteiger partial charge in [0, 0.05) is 17.3 Å². The van der Waals surface area contributed by atoms with E-state index in [0.29, 0.717) is 5.02 Å². The first-order valence-corrected chi connectivity index (χ1v) is 6.36. The highest BCUT2D eigenvalue weighted by molar-refractivity contribution is 6.31. The van der Waals surface area contributed by atoms with Crippen LogP contribution in [0.5, 0.6) is 0 Å². The molecule has 0 saturated heterocycles. The monoisotopic (exact) mass is 288 g/mol. The SMILES string of the molecule is CC(NC(=O)NC(=O)CCCl)c1ccccc1Cl. The summed E-state index contributed by atoms with van der Waals surface area (Å²) in [4.78, 5) is 22.7. The molecule has 0 bridgehead atoms. The zero-order valence-corrected chi connectivity index (χ0v) is 11.4. The van der Waals surface area contributed by atoms with Crippen molar-refractivity contribution < 1.29 is 9.59 Å². The van der Waals surface area contributed by atoms with E-state index >= 15 is 0 Å². The third-order valence-corrected chi connectivity index (χ3v) is 2.83. The molecule has 0 spiro atoms. The molecule has 98 valence electrons. The molecule has 0 aromatic heterocycles. The topological polar surface area (TPSA) is 58.2 Å². The van der Waals surface area contributed by atoms with Crippen LogP contribution in [0.25, 0.3) is 0 Å². The summed E-state index contributed by atoms with van der Waals surface area (Å²) in [6.07, 6.45) is 0.107. The molecule has 1 aromatic rings. The summed E-state index contributed by atoms with van der Waals surface area (Å²) in [5, 5.41) is 5.38. The summed E-state index contributed by atoms with van der Waals surface area (Å²) in [5.41, 5.74) is 0.791. The predicted molar refractivity (Wildman–Crippen MR) is 71.9 cm³/mol. The first kappa shape index (κ1) is 14.8. The first-order chi connectivity index (χ1) is 8.54. The van der Waals surface area contributed by atoms with Gasteiger partial charge in [-0.15, -0.1) is 11.6 Å². The van der Waals surface area contributed by atoms with Crippen LogP contribution in [-0.2, 0) is 4.79 Å². The Kier molecular flexibility index (Phi) is 5.95. The Hall–Kier alpha value is -1.26. The van der Waals surface area contributed by atoms with E-state index in [2.05, 4.69) is 10.6 Å². The zero-order chi connectivity index (χ0) is 13.5. The van der Waals surface area contributed by atoms with Gasteiger partial charge < -0.3 is 5.32 Å². The van der Waals surface area contributed by atoms with Crippen LogP contribution in [0.15, 0.2) is 24.3 Å². The maximum absolute atomic E-state index is 11.5. The van der Waals surface area contributed by atoms with Gasteiger partial charge in [0.05, 0.1) is 6.04 Å². The van der Waals surface area contributed by atoms with Gasteiger partial charge in [0.25, 0.3) is 0 Å². The lowest BCUT2D eigenvalue weighted by molar-refractivity contribution is -0.119. The molecule has 0 aliphatic carbocycles. The molecule has 18 heavy (non-hydrogen) atoms. The van der Waals surface area contributed by atoms with E-state index < -0.39 is 11.9 Å². The van der Waals surface area contributed by atoms with E-state index in [4.69, 9.17) is 23.2 Å². The zero-order valence-electron chi connectivity index (χ0n) is 9.87. The summed E-state index contributed by atoms with van der Waals surface area (Å²) in [6.45, 7) is 1.78. The number of carbonyl (C=O) groups excluding carboxylic acids is 2. The Bertz CT molecular complexity index is 438. The van der Waals surface area contributed by atoms with Crippen molar-refractivity contribution in [3.05, 3.63) is 34.9 Å². The fourth-order valence-electron chi connectivity index (χ4n) is 1.41. The second-order valence-electron chi connectivity index (χ2n) is 3.70. The molecular weight excluding hydrogens is 275 g/mol. The molecule has 3 amide bonds. The molecule has 2 N–H and O–H groups in total. The Labute approximate surface area is 116 Å². The third kappa shape index (κ3) is 4.55. The minimum absolute atomic E-state index is 0.107. The van der Waals surface area contributed by atoms with Crippen LogP contribution in [0, 0.1) is 0 Å². The highest BCUT2D eigenvalue weighted by atomic mass is 35.5. The molecule has 1 aromatic carbocycles. The van der Waals surface area contributed by atoms with Gasteiger partial charge in [0.2, 0.25) is 5.91 Å². The lowest BCUT2D eigenvalue weighted by atomic mass is 10.1. The lowest BCUT2D eigenvalue weighted by Crippen LogP contribution is -2.40. The number of imide groups is 1. The fourth-order valence-corrected chi connectivity index (χ4v) is 1.88. The van der Waals surface area contributed by atoms with Crippen molar-refractivity contribution in [3.8, 4) is 0 Å². The maximum Gasteiger partial charge on any atom is 0.321 e. The number of rotatable bonds is 4. The van der Waals surface area contributed by atoms with Gasteiger partial charge in [0.1, 0.15) is 0 Å². The minimum Gasteiger partial charge on any atom is -0.331 e. The second kappa shape index (κ2) is 7.24. The predicted octanol–water partition coefficient (Wildman–Crippen LogP) is 2.86. The Balaban J connectivity index is 2.55. The van der Waals surface area contributed by atoms with E-state index in [1.807, 2.05) is 18.2 Å². The van der Waals surface area contributed by atoms with E-state index in [-0.39, 0.29) is 18.3 Å². The van der Waals surface area contributed by atoms with Crippen molar-refractivity contribution in [2.24, 2.45) is 0 Å². The molecule has 4 nitrogen and oxygen atoms in total. The molecule has 0 heterocycles. The second-order valence-corrected chi connectivity index (χ2v) is 4.49. The number of urea groups is 1. The van der Waals surface area contributed by atoms with Crippen LogP contribution in [0.4, 0.5) is 4.79 Å². The first-order valence-electron chi connectivity index (χ1n) is 5.45. The number of carbonyl (C=O) groups is 2. The van der Waals surface area contributed by atoms with E-state index in [9.17, 15) is 9.59 Å². The molecule has 0 fully saturated rings. The van der Waals surface area contributed by atoms with Crippen molar-refractivity contribution >= 4 is 35.1 Å². The summed E-state index contributed by atoms with van der Waals surface area (Å²) in [5.74, 6) is -0.229. The Morgan fingerprint density at radius 3 is 2.61 bits per heavy atom. The van der Waals surface area contributed by atoms with Crippen molar-refractivity contribution in [3.63, 3.8) is 0 Å². The van der Waals surface area contributed by atoms with Gasteiger partial charge in [-0.05, 0) is 18.6 Å². The highest BCUT2D eigenvalue weighted by Gasteiger charge is 2.13. The van der Waals surface area contributed by atoms with Gasteiger partial charge in [-0.25, -0.2) is 4.79 Å². The van der Waals surface area contributed by atoms with Gasteiger partial charge in [-0.1, -0.05) is 29.8 Å². The summed E-state index contributed by atoms with van der Waals surface area (Å²) < 4.78 is 0. The normalized spacial score (nSPS) is 11.7. The fraction of sp³-hybridized carbons (Fsp3) is 0.333. The number of hydrogen-bond donors (Lipinski definition) is 2. The quantitative estimate of drug-likeness (QED) is 0.837. The van der Waals surface area contributed by atoms with Gasteiger partial charge in [-0.2, -0.15) is 0 Å². The largest absolute Gasteiger partial charge is 0.331 e. The van der Waals surface area contributed by atoms with Crippen molar-refractivity contribution in [2.75, 3.05) is 5.88 Å². The molecular formula is C12H14Cl2N2O2. The average molecular weight is 289 g/mol. The van der Waals surface area contributed by atoms with E-state index in [1.165, 1.54) is 0 Å². The van der Waals surface area contributed by atoms with Crippen LogP contribution in [0.2, 0.25) is 5.02 Å². The van der Waals surface area contributed by atoms with E-state index in [0.717, 1.165) is 5.56 Å². The van der Waals surface area contributed by atoms with Crippen LogP contribution >= 0.6 is 23.2 Å². The standard InChI is InChI=1S/C12H14Cl2N2O2/c1-8(9-4-2-3-5-10(9)14)15-12(18)16-11(17)6-7-13/h2-5,8H,6-7H2,1H3,(H2,15,16,17,18). The molecule has 0 saturated carbocycles. The number of amides is 3. The number of hydrogen-bond acceptors (Lipinski definition) is 2. The van der Waals surface area contributed by atoms with Crippen molar-refractivity contribution in [1.82, 2.24) is 10.6 Å². The molecule has 6 heteroatoms. The van der Waals surface area contributed by atoms with Gasteiger partial charge in [0.15, 0.2) is 0 Å². The lowest BCUT2D eigenvalue weighted by Gasteiger charge is -2.15. The maximum atomic E-state index is 11.5. The number of nitrogens with one attached hydrogen (secondary N) is 2. The molecule has 0 radical (unpaired) electrons. The van der Waals surface area contributed by atoms with Crippen molar-refractivity contribution in [2.45, 2.75) is 19.4 Å². The van der Waals surface area contributed by atoms with Gasteiger partial charge >= 0.3 is 6.03 Å². The summed E-state index contributed by atoms with van der Waals surface area (Å²) in [7, 11) is 0. The Morgan fingerprint density at radius 1 is 1.33 bits per heavy atom. The molecule has 1 unspecified atom stereocenters. The van der Waals surface area contributed by atoms with Crippen LogP contribution in [-0.4, -0.2) is 17.8 Å². The number of benzene rings is 1. The van der Waals surface area contributed by atoms with Crippen LogP contribution in [0.3, 0.4) is 0 Å². The number of alkyl halides is 1. The molecule has 0 aliphatic rings. The van der Waals surface area contributed by atoms with Gasteiger partial charge in [-0.3, -0.25) is 10.1 Å². The number of halogens is 2. The van der Waals surface area contributed by atoms with E-state index in [1.54, 1.807) is 13.0 Å². The highest BCUT2D eigenvalue weighted by Crippen LogP contribution is 2.21. The summed E-state index contributed by atoms with van der Waals surface area (Å²) >= 11 is 11.4. The minimum atomic E-state index is -0.558. The van der Waals surface area contributed by atoms with Crippen molar-refractivity contribution in [1.29, 1.82) is 0 Å². The smallest absolute Gasteiger partial charge is 0.321 e. The summed E-state index contributed by atoms with van der Waals surface area (Å²) in [6, 6.07) is 6.35. The third-order valence-electron chi connectivity index (χ3n) is 2.29. The van der Waals surface area contributed by atoms with Crippen LogP contribution < -0.4 is 10.6 Å². The molecule has 1 rings (SSSR count). The molecule has 0 aliphatic heterocycles. The van der Waals surface area contributed by atoms with Crippen LogP contribution in [0.1, 0.15) is 24.9 Å².